The lowest BCUT2D eigenvalue weighted by Gasteiger charge is -2.13. The van der Waals surface area contributed by atoms with Gasteiger partial charge in [0.25, 0.3) is 0 Å². The van der Waals surface area contributed by atoms with E-state index in [9.17, 15) is 0 Å². The van der Waals surface area contributed by atoms with Crippen LogP contribution in [0.1, 0.15) is 25.0 Å². The highest BCUT2D eigenvalue weighted by atomic mass is 16.2. The molecule has 16 heavy (non-hydrogen) atoms. The first-order valence-corrected chi connectivity index (χ1v) is 6.11. The maximum absolute atomic E-state index is 8.72. The predicted octanol–water partition coefficient (Wildman–Crippen LogP) is 0.299. The van der Waals surface area contributed by atoms with Crippen LogP contribution in [0, 0.1) is 0 Å². The zero-order valence-electron chi connectivity index (χ0n) is 9.68. The molecule has 0 radical (unpaired) electrons. The molecule has 5 heteroatoms. The number of likely N-dealkylation sites (tertiary alicyclic amines) is 1. The summed E-state index contributed by atoms with van der Waals surface area (Å²) in [6, 6.07) is 0. The molecule has 1 aromatic heterocycles. The van der Waals surface area contributed by atoms with Crippen LogP contribution in [-0.2, 0) is 13.0 Å². The predicted molar refractivity (Wildman–Crippen MR) is 61.1 cm³/mol. The Balaban J connectivity index is 1.73. The summed E-state index contributed by atoms with van der Waals surface area (Å²) in [6.07, 6.45) is 6.25. The molecule has 1 aliphatic rings. The summed E-state index contributed by atoms with van der Waals surface area (Å²) in [5, 5.41) is 16.9. The van der Waals surface area contributed by atoms with Gasteiger partial charge in [-0.2, -0.15) is 0 Å². The molecular weight excluding hydrogens is 204 g/mol. The van der Waals surface area contributed by atoms with Crippen molar-refractivity contribution in [3.63, 3.8) is 0 Å². The van der Waals surface area contributed by atoms with E-state index >= 15 is 0 Å². The number of hydrogen-bond donors (Lipinski definition) is 1. The first kappa shape index (κ1) is 11.5. The highest BCUT2D eigenvalue weighted by molar-refractivity contribution is 4.92. The van der Waals surface area contributed by atoms with E-state index in [-0.39, 0.29) is 6.61 Å². The van der Waals surface area contributed by atoms with Gasteiger partial charge in [-0.3, -0.25) is 4.68 Å². The Morgan fingerprint density at radius 1 is 1.25 bits per heavy atom. The number of aliphatic hydroxyl groups is 1. The van der Waals surface area contributed by atoms with Crippen LogP contribution in [0.3, 0.4) is 0 Å². The van der Waals surface area contributed by atoms with E-state index in [4.69, 9.17) is 5.11 Å². The Morgan fingerprint density at radius 2 is 2.06 bits per heavy atom. The standard InChI is InChI=1S/C11H20N4O/c16-9-3-4-11-10-15(13-12-11)8-7-14-5-1-2-6-14/h10,16H,1-9H2. The SMILES string of the molecule is OCCCc1cn(CCN2CCCC2)nn1. The summed E-state index contributed by atoms with van der Waals surface area (Å²) >= 11 is 0. The van der Waals surface area contributed by atoms with Gasteiger partial charge >= 0.3 is 0 Å². The second-order valence-corrected chi connectivity index (χ2v) is 4.35. The topological polar surface area (TPSA) is 54.2 Å². The highest BCUT2D eigenvalue weighted by Crippen LogP contribution is 2.06. The average Bonchev–Trinajstić information content (AvgIpc) is 2.95. The van der Waals surface area contributed by atoms with Gasteiger partial charge in [0, 0.05) is 19.3 Å². The van der Waals surface area contributed by atoms with Crippen LogP contribution < -0.4 is 0 Å². The van der Waals surface area contributed by atoms with Crippen LogP contribution in [0.4, 0.5) is 0 Å². The highest BCUT2D eigenvalue weighted by Gasteiger charge is 2.11. The van der Waals surface area contributed by atoms with E-state index in [1.807, 2.05) is 10.9 Å². The molecule has 90 valence electrons. The van der Waals surface area contributed by atoms with Gasteiger partial charge in [0.15, 0.2) is 0 Å². The molecule has 2 rings (SSSR count). The van der Waals surface area contributed by atoms with Gasteiger partial charge < -0.3 is 10.0 Å². The normalized spacial score (nSPS) is 17.1. The Labute approximate surface area is 96.1 Å². The fraction of sp³-hybridized carbons (Fsp3) is 0.818. The lowest BCUT2D eigenvalue weighted by atomic mass is 10.3. The quantitative estimate of drug-likeness (QED) is 0.755. The molecule has 1 saturated heterocycles. The number of aliphatic hydroxyl groups excluding tert-OH is 1. The third-order valence-corrected chi connectivity index (χ3v) is 3.02. The fourth-order valence-electron chi connectivity index (χ4n) is 2.07. The van der Waals surface area contributed by atoms with Crippen molar-refractivity contribution in [1.29, 1.82) is 0 Å². The van der Waals surface area contributed by atoms with Gasteiger partial charge in [-0.25, -0.2) is 0 Å². The summed E-state index contributed by atoms with van der Waals surface area (Å²) in [7, 11) is 0. The molecule has 0 atom stereocenters. The van der Waals surface area contributed by atoms with Crippen molar-refractivity contribution in [2.45, 2.75) is 32.2 Å². The molecule has 0 saturated carbocycles. The van der Waals surface area contributed by atoms with Crippen molar-refractivity contribution < 1.29 is 5.11 Å². The summed E-state index contributed by atoms with van der Waals surface area (Å²) in [4.78, 5) is 2.47. The summed E-state index contributed by atoms with van der Waals surface area (Å²) < 4.78 is 1.91. The van der Waals surface area contributed by atoms with Crippen molar-refractivity contribution >= 4 is 0 Å². The van der Waals surface area contributed by atoms with Gasteiger partial charge in [-0.15, -0.1) is 5.10 Å². The molecule has 0 aromatic carbocycles. The molecule has 1 aromatic rings. The first-order chi connectivity index (χ1) is 7.88. The second kappa shape index (κ2) is 5.96. The van der Waals surface area contributed by atoms with Gasteiger partial charge in [0.1, 0.15) is 0 Å². The summed E-state index contributed by atoms with van der Waals surface area (Å²) in [5.41, 5.74) is 0.982. The van der Waals surface area contributed by atoms with Crippen molar-refractivity contribution in [2.75, 3.05) is 26.2 Å². The zero-order valence-corrected chi connectivity index (χ0v) is 9.68. The molecule has 5 nitrogen and oxygen atoms in total. The van der Waals surface area contributed by atoms with Crippen LogP contribution in [-0.4, -0.2) is 51.2 Å². The van der Waals surface area contributed by atoms with Gasteiger partial charge in [-0.1, -0.05) is 5.21 Å². The maximum Gasteiger partial charge on any atom is 0.0828 e. The van der Waals surface area contributed by atoms with E-state index in [0.29, 0.717) is 0 Å². The van der Waals surface area contributed by atoms with E-state index in [1.165, 1.54) is 25.9 Å². The molecule has 0 aliphatic carbocycles. The van der Waals surface area contributed by atoms with Crippen LogP contribution >= 0.6 is 0 Å². The summed E-state index contributed by atoms with van der Waals surface area (Å²) in [5.74, 6) is 0. The lowest BCUT2D eigenvalue weighted by molar-refractivity contribution is 0.288. The van der Waals surface area contributed by atoms with Gasteiger partial charge in [0.2, 0.25) is 0 Å². The molecular formula is C11H20N4O. The molecule has 0 bridgehead atoms. The lowest BCUT2D eigenvalue weighted by Crippen LogP contribution is -2.24. The average molecular weight is 224 g/mol. The van der Waals surface area contributed by atoms with Crippen molar-refractivity contribution in [3.05, 3.63) is 11.9 Å². The molecule has 0 spiro atoms. The minimum Gasteiger partial charge on any atom is -0.396 e. The molecule has 2 heterocycles. The third-order valence-electron chi connectivity index (χ3n) is 3.02. The van der Waals surface area contributed by atoms with Gasteiger partial charge in [0.05, 0.1) is 12.2 Å². The van der Waals surface area contributed by atoms with E-state index in [2.05, 4.69) is 15.2 Å². The Morgan fingerprint density at radius 3 is 2.81 bits per heavy atom. The van der Waals surface area contributed by atoms with Crippen LogP contribution in [0.25, 0.3) is 0 Å². The minimum atomic E-state index is 0.223. The first-order valence-electron chi connectivity index (χ1n) is 6.11. The van der Waals surface area contributed by atoms with E-state index in [0.717, 1.165) is 31.6 Å². The smallest absolute Gasteiger partial charge is 0.0828 e. The van der Waals surface area contributed by atoms with Crippen LogP contribution in [0.5, 0.6) is 0 Å². The maximum atomic E-state index is 8.72. The Hall–Kier alpha value is -0.940. The third kappa shape index (κ3) is 3.28. The van der Waals surface area contributed by atoms with Gasteiger partial charge in [-0.05, 0) is 38.8 Å². The number of hydrogen-bond acceptors (Lipinski definition) is 4. The van der Waals surface area contributed by atoms with E-state index in [1.54, 1.807) is 0 Å². The van der Waals surface area contributed by atoms with E-state index < -0.39 is 0 Å². The van der Waals surface area contributed by atoms with Crippen LogP contribution in [0.15, 0.2) is 6.20 Å². The van der Waals surface area contributed by atoms with Crippen molar-refractivity contribution in [3.8, 4) is 0 Å². The molecule has 0 amide bonds. The number of aryl methyl sites for hydroxylation is 1. The fourth-order valence-corrected chi connectivity index (χ4v) is 2.07. The number of aromatic nitrogens is 3. The molecule has 1 N–H and O–H groups in total. The second-order valence-electron chi connectivity index (χ2n) is 4.35. The zero-order chi connectivity index (χ0) is 11.2. The minimum absolute atomic E-state index is 0.223. The monoisotopic (exact) mass is 224 g/mol. The molecule has 1 fully saturated rings. The largest absolute Gasteiger partial charge is 0.396 e. The number of rotatable bonds is 6. The van der Waals surface area contributed by atoms with Crippen molar-refractivity contribution in [2.24, 2.45) is 0 Å². The Kier molecular flexibility index (Phi) is 4.30. The molecule has 1 aliphatic heterocycles. The van der Waals surface area contributed by atoms with Crippen LogP contribution in [0.2, 0.25) is 0 Å². The Bertz CT molecular complexity index is 307. The number of nitrogens with zero attached hydrogens (tertiary/aromatic N) is 4. The summed E-state index contributed by atoms with van der Waals surface area (Å²) in [6.45, 7) is 4.67. The van der Waals surface area contributed by atoms with Crippen molar-refractivity contribution in [1.82, 2.24) is 19.9 Å². The molecule has 0 unspecified atom stereocenters.